The largest absolute Gasteiger partial charge is 0.399 e. The van der Waals surface area contributed by atoms with Gasteiger partial charge in [-0.25, -0.2) is 0 Å². The maximum absolute atomic E-state index is 5.89. The Morgan fingerprint density at radius 2 is 1.89 bits per heavy atom. The summed E-state index contributed by atoms with van der Waals surface area (Å²) in [4.78, 5) is 2.73. The monoisotopic (exact) mass is 244 g/mol. The van der Waals surface area contributed by atoms with Crippen molar-refractivity contribution in [1.29, 1.82) is 0 Å². The first-order valence-electron chi connectivity index (χ1n) is 7.42. The third-order valence-electron chi connectivity index (χ3n) is 4.69. The van der Waals surface area contributed by atoms with Gasteiger partial charge in [0.2, 0.25) is 0 Å². The molecule has 2 aliphatic rings. The van der Waals surface area contributed by atoms with Crippen LogP contribution in [0.2, 0.25) is 0 Å². The van der Waals surface area contributed by atoms with Crippen LogP contribution in [0.1, 0.15) is 50.0 Å². The summed E-state index contributed by atoms with van der Waals surface area (Å²) in [5.74, 6) is 0.704. The van der Waals surface area contributed by atoms with E-state index < -0.39 is 0 Å². The van der Waals surface area contributed by atoms with Gasteiger partial charge in [0, 0.05) is 18.3 Å². The number of rotatable bonds is 2. The smallest absolute Gasteiger partial charge is 0.0316 e. The molecular formula is C16H24N2. The van der Waals surface area contributed by atoms with Gasteiger partial charge in [-0.2, -0.15) is 0 Å². The zero-order valence-corrected chi connectivity index (χ0v) is 11.1. The Balaban J connectivity index is 1.64. The molecule has 1 aliphatic heterocycles. The summed E-state index contributed by atoms with van der Waals surface area (Å²) in [5.41, 5.74) is 8.23. The Kier molecular flexibility index (Phi) is 3.55. The van der Waals surface area contributed by atoms with E-state index in [0.717, 1.165) is 11.7 Å². The third kappa shape index (κ3) is 2.54. The Hall–Kier alpha value is -1.02. The van der Waals surface area contributed by atoms with Crippen molar-refractivity contribution in [2.45, 2.75) is 50.5 Å². The summed E-state index contributed by atoms with van der Waals surface area (Å²) in [7, 11) is 0. The fraction of sp³-hybridized carbons (Fsp3) is 0.625. The molecule has 0 amide bonds. The van der Waals surface area contributed by atoms with E-state index in [4.69, 9.17) is 5.73 Å². The summed E-state index contributed by atoms with van der Waals surface area (Å²) in [6, 6.07) is 9.34. The summed E-state index contributed by atoms with van der Waals surface area (Å²) in [6.45, 7) is 2.53. The predicted molar refractivity (Wildman–Crippen MR) is 76.7 cm³/mol. The Morgan fingerprint density at radius 1 is 1.06 bits per heavy atom. The topological polar surface area (TPSA) is 29.3 Å². The number of hydrogen-bond donors (Lipinski definition) is 1. The molecule has 2 fully saturated rings. The van der Waals surface area contributed by atoms with Gasteiger partial charge in [-0.1, -0.05) is 31.4 Å². The summed E-state index contributed by atoms with van der Waals surface area (Å²) in [5, 5.41) is 0. The van der Waals surface area contributed by atoms with Crippen LogP contribution in [0.5, 0.6) is 0 Å². The Labute approximate surface area is 110 Å². The number of nitrogens with two attached hydrogens (primary N) is 1. The van der Waals surface area contributed by atoms with Gasteiger partial charge in [0.1, 0.15) is 0 Å². The van der Waals surface area contributed by atoms with Crippen molar-refractivity contribution in [2.75, 3.05) is 18.8 Å². The minimum atomic E-state index is 0.704. The Bertz CT molecular complexity index is 396. The highest BCUT2D eigenvalue weighted by atomic mass is 15.2. The number of anilines is 1. The molecule has 1 atom stereocenters. The second-order valence-corrected chi connectivity index (χ2v) is 5.94. The van der Waals surface area contributed by atoms with E-state index in [1.165, 1.54) is 57.2 Å². The molecule has 98 valence electrons. The van der Waals surface area contributed by atoms with Crippen molar-refractivity contribution in [3.63, 3.8) is 0 Å². The van der Waals surface area contributed by atoms with Crippen LogP contribution in [-0.2, 0) is 0 Å². The molecule has 0 aromatic heterocycles. The van der Waals surface area contributed by atoms with Crippen LogP contribution >= 0.6 is 0 Å². The zero-order chi connectivity index (χ0) is 12.4. The second kappa shape index (κ2) is 5.31. The minimum Gasteiger partial charge on any atom is -0.399 e. The molecule has 2 N–H and O–H groups in total. The number of benzene rings is 1. The van der Waals surface area contributed by atoms with Gasteiger partial charge in [0.05, 0.1) is 0 Å². The summed E-state index contributed by atoms with van der Waals surface area (Å²) in [6.07, 6.45) is 8.46. The van der Waals surface area contributed by atoms with Crippen LogP contribution < -0.4 is 5.73 Å². The fourth-order valence-corrected chi connectivity index (χ4v) is 3.65. The van der Waals surface area contributed by atoms with Crippen molar-refractivity contribution >= 4 is 5.69 Å². The van der Waals surface area contributed by atoms with E-state index in [2.05, 4.69) is 23.1 Å². The highest BCUT2D eigenvalue weighted by Gasteiger charge is 2.29. The molecule has 1 aromatic carbocycles. The van der Waals surface area contributed by atoms with Crippen molar-refractivity contribution in [3.05, 3.63) is 29.8 Å². The summed E-state index contributed by atoms with van der Waals surface area (Å²) < 4.78 is 0. The molecule has 0 spiro atoms. The quantitative estimate of drug-likeness (QED) is 0.808. The van der Waals surface area contributed by atoms with Crippen LogP contribution in [-0.4, -0.2) is 24.0 Å². The maximum Gasteiger partial charge on any atom is 0.0316 e. The molecule has 3 rings (SSSR count). The lowest BCUT2D eigenvalue weighted by atomic mass is 9.94. The van der Waals surface area contributed by atoms with Crippen LogP contribution in [0, 0.1) is 0 Å². The van der Waals surface area contributed by atoms with E-state index in [9.17, 15) is 0 Å². The third-order valence-corrected chi connectivity index (χ3v) is 4.69. The number of likely N-dealkylation sites (tertiary alicyclic amines) is 1. The van der Waals surface area contributed by atoms with Crippen molar-refractivity contribution in [3.8, 4) is 0 Å². The van der Waals surface area contributed by atoms with Crippen LogP contribution in [0.15, 0.2) is 24.3 Å². The highest BCUT2D eigenvalue weighted by Crippen LogP contribution is 2.32. The summed E-state index contributed by atoms with van der Waals surface area (Å²) >= 11 is 0. The minimum absolute atomic E-state index is 0.704. The van der Waals surface area contributed by atoms with Crippen LogP contribution in [0.3, 0.4) is 0 Å². The second-order valence-electron chi connectivity index (χ2n) is 5.94. The molecule has 1 unspecified atom stereocenters. The molecule has 1 aromatic rings. The lowest BCUT2D eigenvalue weighted by Crippen LogP contribution is -2.34. The van der Waals surface area contributed by atoms with E-state index in [1.54, 1.807) is 0 Å². The molecule has 2 nitrogen and oxygen atoms in total. The number of nitrogens with zero attached hydrogens (tertiary/aromatic N) is 1. The van der Waals surface area contributed by atoms with Gasteiger partial charge >= 0.3 is 0 Å². The van der Waals surface area contributed by atoms with Crippen LogP contribution in [0.25, 0.3) is 0 Å². The molecule has 0 bridgehead atoms. The molecule has 2 heteroatoms. The molecule has 0 radical (unpaired) electrons. The lowest BCUT2D eigenvalue weighted by Gasteiger charge is -2.31. The van der Waals surface area contributed by atoms with Crippen molar-refractivity contribution < 1.29 is 0 Å². The molecule has 18 heavy (non-hydrogen) atoms. The SMILES string of the molecule is Nc1cccc(C2CCN(C3CCCCC3)C2)c1. The molecule has 1 saturated carbocycles. The highest BCUT2D eigenvalue weighted by molar-refractivity contribution is 5.42. The maximum atomic E-state index is 5.89. The first-order chi connectivity index (χ1) is 8.83. The van der Waals surface area contributed by atoms with Gasteiger partial charge in [0.25, 0.3) is 0 Å². The van der Waals surface area contributed by atoms with Gasteiger partial charge in [-0.05, 0) is 49.4 Å². The van der Waals surface area contributed by atoms with Gasteiger partial charge < -0.3 is 5.73 Å². The Morgan fingerprint density at radius 3 is 2.67 bits per heavy atom. The number of nitrogen functional groups attached to an aromatic ring is 1. The van der Waals surface area contributed by atoms with Gasteiger partial charge in [-0.3, -0.25) is 4.90 Å². The average Bonchev–Trinajstić information content (AvgIpc) is 2.89. The zero-order valence-electron chi connectivity index (χ0n) is 11.1. The molecule has 1 aliphatic carbocycles. The first kappa shape index (κ1) is 12.0. The van der Waals surface area contributed by atoms with Crippen LogP contribution in [0.4, 0.5) is 5.69 Å². The van der Waals surface area contributed by atoms with Crippen molar-refractivity contribution in [1.82, 2.24) is 4.90 Å². The fourth-order valence-electron chi connectivity index (χ4n) is 3.65. The van der Waals surface area contributed by atoms with Crippen molar-refractivity contribution in [2.24, 2.45) is 0 Å². The first-order valence-corrected chi connectivity index (χ1v) is 7.42. The molecular weight excluding hydrogens is 220 g/mol. The van der Waals surface area contributed by atoms with E-state index >= 15 is 0 Å². The van der Waals surface area contributed by atoms with Gasteiger partial charge in [0.15, 0.2) is 0 Å². The predicted octanol–water partition coefficient (Wildman–Crippen LogP) is 3.39. The standard InChI is InChI=1S/C16H24N2/c17-15-6-4-5-13(11-15)14-9-10-18(12-14)16-7-2-1-3-8-16/h4-6,11,14,16H,1-3,7-10,12,17H2. The van der Waals surface area contributed by atoms with E-state index in [1.807, 2.05) is 6.07 Å². The number of hydrogen-bond acceptors (Lipinski definition) is 2. The molecule has 1 heterocycles. The molecule has 1 saturated heterocycles. The average molecular weight is 244 g/mol. The lowest BCUT2D eigenvalue weighted by molar-refractivity contribution is 0.189. The van der Waals surface area contributed by atoms with E-state index in [0.29, 0.717) is 5.92 Å². The van der Waals surface area contributed by atoms with E-state index in [-0.39, 0.29) is 0 Å². The normalized spacial score (nSPS) is 26.6. The van der Waals surface area contributed by atoms with Gasteiger partial charge in [-0.15, -0.1) is 0 Å².